The fourth-order valence-corrected chi connectivity index (χ4v) is 6.71. The molecule has 6 heteroatoms. The van der Waals surface area contributed by atoms with Gasteiger partial charge in [0.1, 0.15) is 13.2 Å². The number of unbranched alkanes of at least 4 members (excludes halogenated alkanes) is 24. The van der Waals surface area contributed by atoms with Gasteiger partial charge in [-0.3, -0.25) is 14.4 Å². The fraction of sp³-hybridized carbons (Fsp3) is 0.750. The first-order valence-corrected chi connectivity index (χ1v) is 24.3. The first kappa shape index (κ1) is 55.1. The smallest absolute Gasteiger partial charge is 0.306 e. The number of ether oxygens (including phenoxy) is 3. The van der Waals surface area contributed by atoms with Gasteiger partial charge in [0.25, 0.3) is 0 Å². The first-order chi connectivity index (χ1) is 28.5. The molecule has 0 heterocycles. The van der Waals surface area contributed by atoms with Gasteiger partial charge in [0, 0.05) is 19.3 Å². The lowest BCUT2D eigenvalue weighted by atomic mass is 10.0. The molecule has 0 bridgehead atoms. The van der Waals surface area contributed by atoms with Crippen LogP contribution < -0.4 is 0 Å². The second kappa shape index (κ2) is 46.8. The monoisotopic (exact) mass is 811 g/mol. The molecular weight excluding hydrogens is 721 g/mol. The van der Waals surface area contributed by atoms with Gasteiger partial charge in [-0.15, -0.1) is 0 Å². The number of allylic oxidation sites excluding steroid dienone is 10. The van der Waals surface area contributed by atoms with Crippen LogP contribution in [0.4, 0.5) is 0 Å². The Hall–Kier alpha value is -2.89. The van der Waals surface area contributed by atoms with Crippen LogP contribution in [0.1, 0.15) is 233 Å². The molecule has 58 heavy (non-hydrogen) atoms. The molecule has 1 unspecified atom stereocenters. The van der Waals surface area contributed by atoms with E-state index in [1.54, 1.807) is 0 Å². The molecule has 0 saturated carbocycles. The Morgan fingerprint density at radius 3 is 1.26 bits per heavy atom. The minimum Gasteiger partial charge on any atom is -0.462 e. The largest absolute Gasteiger partial charge is 0.462 e. The molecule has 334 valence electrons. The van der Waals surface area contributed by atoms with Gasteiger partial charge in [-0.25, -0.2) is 0 Å². The van der Waals surface area contributed by atoms with Crippen molar-refractivity contribution in [3.05, 3.63) is 60.8 Å². The van der Waals surface area contributed by atoms with Gasteiger partial charge in [-0.2, -0.15) is 0 Å². The zero-order valence-corrected chi connectivity index (χ0v) is 38.0. The summed E-state index contributed by atoms with van der Waals surface area (Å²) in [4.78, 5) is 37.8. The molecule has 0 rings (SSSR count). The van der Waals surface area contributed by atoms with E-state index in [-0.39, 0.29) is 31.1 Å². The predicted molar refractivity (Wildman–Crippen MR) is 247 cm³/mol. The van der Waals surface area contributed by atoms with Crippen LogP contribution >= 0.6 is 0 Å². The molecule has 0 aliphatic heterocycles. The summed E-state index contributed by atoms with van der Waals surface area (Å²) in [7, 11) is 0. The maximum Gasteiger partial charge on any atom is 0.306 e. The predicted octanol–water partition coefficient (Wildman–Crippen LogP) is 15.7. The third-order valence-electron chi connectivity index (χ3n) is 10.3. The fourth-order valence-electron chi connectivity index (χ4n) is 6.71. The molecule has 6 nitrogen and oxygen atoms in total. The first-order valence-electron chi connectivity index (χ1n) is 24.3. The molecule has 0 N–H and O–H groups in total. The molecule has 0 amide bonds. The summed E-state index contributed by atoms with van der Waals surface area (Å²) in [5.41, 5.74) is 0. The van der Waals surface area contributed by atoms with Crippen LogP contribution in [0, 0.1) is 0 Å². The normalized spacial score (nSPS) is 12.5. The minimum atomic E-state index is -0.789. The van der Waals surface area contributed by atoms with E-state index in [0.29, 0.717) is 19.3 Å². The number of rotatable bonds is 43. The molecule has 0 aromatic heterocycles. The Morgan fingerprint density at radius 2 is 0.759 bits per heavy atom. The zero-order chi connectivity index (χ0) is 42.3. The van der Waals surface area contributed by atoms with Crippen LogP contribution in [-0.4, -0.2) is 37.2 Å². The van der Waals surface area contributed by atoms with Gasteiger partial charge in [-0.05, 0) is 64.2 Å². The summed E-state index contributed by atoms with van der Waals surface area (Å²) >= 11 is 0. The highest BCUT2D eigenvalue weighted by atomic mass is 16.6. The molecule has 0 aromatic rings. The highest BCUT2D eigenvalue weighted by Gasteiger charge is 2.19. The van der Waals surface area contributed by atoms with Crippen molar-refractivity contribution >= 4 is 17.9 Å². The van der Waals surface area contributed by atoms with Crippen molar-refractivity contribution < 1.29 is 28.6 Å². The van der Waals surface area contributed by atoms with E-state index in [1.807, 2.05) is 0 Å². The van der Waals surface area contributed by atoms with Crippen LogP contribution in [-0.2, 0) is 28.6 Å². The highest BCUT2D eigenvalue weighted by Crippen LogP contribution is 2.15. The second-order valence-corrected chi connectivity index (χ2v) is 16.0. The van der Waals surface area contributed by atoms with Crippen molar-refractivity contribution in [2.45, 2.75) is 239 Å². The Morgan fingerprint density at radius 1 is 0.379 bits per heavy atom. The number of esters is 3. The molecule has 1 atom stereocenters. The summed E-state index contributed by atoms with van der Waals surface area (Å²) in [6, 6.07) is 0. The number of hydrogen-bond donors (Lipinski definition) is 0. The van der Waals surface area contributed by atoms with E-state index in [1.165, 1.54) is 109 Å². The summed E-state index contributed by atoms with van der Waals surface area (Å²) < 4.78 is 16.7. The molecule has 0 aliphatic carbocycles. The van der Waals surface area contributed by atoms with E-state index >= 15 is 0 Å². The van der Waals surface area contributed by atoms with E-state index in [2.05, 4.69) is 81.5 Å². The molecule has 0 radical (unpaired) electrons. The number of carbonyl (C=O) groups excluding carboxylic acids is 3. The van der Waals surface area contributed by atoms with E-state index in [0.717, 1.165) is 83.5 Å². The summed E-state index contributed by atoms with van der Waals surface area (Å²) in [6.45, 7) is 6.35. The summed E-state index contributed by atoms with van der Waals surface area (Å²) in [6.07, 6.45) is 56.4. The summed E-state index contributed by atoms with van der Waals surface area (Å²) in [5, 5.41) is 0. The van der Waals surface area contributed by atoms with E-state index in [4.69, 9.17) is 14.2 Å². The SMILES string of the molecule is CC\C=C/C=C\C=C/CCCCCCCCCC(=O)OC(COC(=O)CCCC/C=C\C/C=C\CC)COC(=O)CCCCCCCCCCCCCCCCCC. The lowest BCUT2D eigenvalue weighted by molar-refractivity contribution is -0.167. The average molecular weight is 811 g/mol. The maximum atomic E-state index is 12.7. The van der Waals surface area contributed by atoms with Gasteiger partial charge in [0.05, 0.1) is 0 Å². The average Bonchev–Trinajstić information content (AvgIpc) is 3.22. The van der Waals surface area contributed by atoms with Crippen molar-refractivity contribution in [3.8, 4) is 0 Å². The third kappa shape index (κ3) is 44.2. The Balaban J connectivity index is 4.35. The van der Waals surface area contributed by atoms with Crippen LogP contribution in [0.3, 0.4) is 0 Å². The molecule has 0 aliphatic rings. The zero-order valence-electron chi connectivity index (χ0n) is 38.0. The minimum absolute atomic E-state index is 0.0879. The highest BCUT2D eigenvalue weighted by molar-refractivity contribution is 5.71. The van der Waals surface area contributed by atoms with Crippen molar-refractivity contribution in [1.29, 1.82) is 0 Å². The lowest BCUT2D eigenvalue weighted by Crippen LogP contribution is -2.30. The Bertz CT molecular complexity index is 1070. The third-order valence-corrected chi connectivity index (χ3v) is 10.3. The molecule has 0 aromatic carbocycles. The van der Waals surface area contributed by atoms with Crippen molar-refractivity contribution in [2.24, 2.45) is 0 Å². The lowest BCUT2D eigenvalue weighted by Gasteiger charge is -2.18. The number of hydrogen-bond acceptors (Lipinski definition) is 6. The van der Waals surface area contributed by atoms with Gasteiger partial charge >= 0.3 is 17.9 Å². The van der Waals surface area contributed by atoms with Gasteiger partial charge in [-0.1, -0.05) is 210 Å². The number of carbonyl (C=O) groups is 3. The maximum absolute atomic E-state index is 12.7. The quantitative estimate of drug-likeness (QED) is 0.0201. The molecule has 0 spiro atoms. The van der Waals surface area contributed by atoms with Crippen LogP contribution in [0.25, 0.3) is 0 Å². The van der Waals surface area contributed by atoms with Crippen molar-refractivity contribution in [3.63, 3.8) is 0 Å². The summed E-state index contributed by atoms with van der Waals surface area (Å²) in [5.74, 6) is -0.937. The Kier molecular flexibility index (Phi) is 44.5. The van der Waals surface area contributed by atoms with Gasteiger partial charge < -0.3 is 14.2 Å². The van der Waals surface area contributed by atoms with Crippen molar-refractivity contribution in [1.82, 2.24) is 0 Å². The van der Waals surface area contributed by atoms with Crippen molar-refractivity contribution in [2.75, 3.05) is 13.2 Å². The van der Waals surface area contributed by atoms with Crippen LogP contribution in [0.5, 0.6) is 0 Å². The Labute approximate surface area is 358 Å². The van der Waals surface area contributed by atoms with Gasteiger partial charge in [0.2, 0.25) is 0 Å². The second-order valence-electron chi connectivity index (χ2n) is 16.0. The topological polar surface area (TPSA) is 78.9 Å². The van der Waals surface area contributed by atoms with Gasteiger partial charge in [0.15, 0.2) is 6.10 Å². The van der Waals surface area contributed by atoms with Crippen LogP contribution in [0.2, 0.25) is 0 Å². The molecule has 0 fully saturated rings. The van der Waals surface area contributed by atoms with E-state index < -0.39 is 6.10 Å². The van der Waals surface area contributed by atoms with E-state index in [9.17, 15) is 14.4 Å². The van der Waals surface area contributed by atoms with Crippen LogP contribution in [0.15, 0.2) is 60.8 Å². The standard InChI is InChI=1S/C52H90O6/c1-4-7-10-13-16-19-21-23-25-27-28-30-33-36-39-42-45-51(54)57-48-49(47-56-50(53)44-41-38-35-32-18-15-12-9-6-3)58-52(55)46-43-40-37-34-31-29-26-24-22-20-17-14-11-8-5-2/h8-9,11-12,14,17-18,20,22,32,49H,4-7,10,13,15-16,19,21,23-31,33-48H2,1-3H3/b11-8-,12-9-,17-14-,22-20-,32-18-. The molecular formula is C52H90O6. The molecule has 0 saturated heterocycles.